The van der Waals surface area contributed by atoms with Gasteiger partial charge in [-0.3, -0.25) is 9.71 Å². The smallest absolute Gasteiger partial charge is 0.404 e. The molecule has 1 atom stereocenters. The molecule has 0 fully saturated rings. The van der Waals surface area contributed by atoms with Crippen molar-refractivity contribution in [2.75, 3.05) is 6.54 Å². The van der Waals surface area contributed by atoms with Crippen LogP contribution >= 0.6 is 12.8 Å². The van der Waals surface area contributed by atoms with E-state index in [9.17, 15) is 17.6 Å². The lowest BCUT2D eigenvalue weighted by Gasteiger charge is -2.42. The molecular weight excluding hydrogens is 550 g/mol. The maximum atomic E-state index is 13.6. The number of hydrogen-bond acceptors (Lipinski definition) is 6. The monoisotopic (exact) mass is 581 g/mol. The fourth-order valence-corrected chi connectivity index (χ4v) is 5.17. The Hall–Kier alpha value is -3.76. The molecule has 10 heteroatoms. The molecule has 1 unspecified atom stereocenters. The van der Waals surface area contributed by atoms with Gasteiger partial charge < -0.3 is 5.73 Å². The molecule has 2 aromatic heterocycles. The lowest BCUT2D eigenvalue weighted by Crippen LogP contribution is -2.35. The number of alkyl halides is 3. The van der Waals surface area contributed by atoms with Gasteiger partial charge in [0.1, 0.15) is 11.5 Å². The third-order valence-electron chi connectivity index (χ3n) is 7.23. The summed E-state index contributed by atoms with van der Waals surface area (Å²) >= 11 is 4.17. The fourth-order valence-electron chi connectivity index (χ4n) is 5.06. The van der Waals surface area contributed by atoms with Crippen LogP contribution in [-0.2, 0) is 19.0 Å². The van der Waals surface area contributed by atoms with Gasteiger partial charge in [-0.05, 0) is 96.8 Å². The highest BCUT2D eigenvalue weighted by Crippen LogP contribution is 2.51. The fraction of sp³-hybridized carbons (Fsp3) is 0.258. The molecule has 1 aliphatic rings. The van der Waals surface area contributed by atoms with E-state index >= 15 is 0 Å². The molecule has 5 nitrogen and oxygen atoms in total. The summed E-state index contributed by atoms with van der Waals surface area (Å²) in [6, 6.07) is 13.5. The number of allylic oxidation sites excluding steroid dienone is 3. The maximum absolute atomic E-state index is 13.6. The summed E-state index contributed by atoms with van der Waals surface area (Å²) in [5, 5.41) is 0. The molecule has 0 aliphatic heterocycles. The number of hydrogen-bond donors (Lipinski definition) is 3. The average Bonchev–Trinajstić information content (AvgIpc) is 2.97. The molecule has 41 heavy (non-hydrogen) atoms. The van der Waals surface area contributed by atoms with Crippen LogP contribution in [0.4, 0.5) is 23.2 Å². The normalized spacial score (nSPS) is 19.4. The van der Waals surface area contributed by atoms with Crippen molar-refractivity contribution in [3.8, 4) is 0 Å². The number of pyridine rings is 2. The van der Waals surface area contributed by atoms with Crippen LogP contribution < -0.4 is 10.5 Å². The highest BCUT2D eigenvalue weighted by molar-refractivity contribution is 7.78. The van der Waals surface area contributed by atoms with Crippen LogP contribution in [-0.4, -0.2) is 22.2 Å². The molecule has 0 amide bonds. The second kappa shape index (κ2) is 12.8. The lowest BCUT2D eigenvalue weighted by atomic mass is 9.62. The molecule has 3 N–H and O–H groups in total. The van der Waals surface area contributed by atoms with Crippen LogP contribution in [0.1, 0.15) is 42.4 Å². The zero-order valence-electron chi connectivity index (χ0n) is 22.5. The highest BCUT2D eigenvalue weighted by Gasteiger charge is 2.43. The van der Waals surface area contributed by atoms with Crippen molar-refractivity contribution in [3.05, 3.63) is 119 Å². The van der Waals surface area contributed by atoms with Gasteiger partial charge in [0.25, 0.3) is 0 Å². The summed E-state index contributed by atoms with van der Waals surface area (Å²) in [5.74, 6) is -0.381. The van der Waals surface area contributed by atoms with Crippen molar-refractivity contribution in [2.45, 2.75) is 38.8 Å². The molecule has 0 radical (unpaired) electrons. The summed E-state index contributed by atoms with van der Waals surface area (Å²) in [6.07, 6.45) is 2.12. The number of thiol groups is 1. The Balaban J connectivity index is 1.93. The van der Waals surface area contributed by atoms with E-state index in [1.165, 1.54) is 24.4 Å². The van der Waals surface area contributed by atoms with Crippen molar-refractivity contribution in [1.29, 1.82) is 0 Å². The number of nitrogens with zero attached hydrogens (tertiary/aromatic N) is 3. The first-order chi connectivity index (χ1) is 19.6. The molecule has 1 aromatic carbocycles. The van der Waals surface area contributed by atoms with E-state index in [4.69, 9.17) is 10.7 Å². The first-order valence-electron chi connectivity index (χ1n) is 13.1. The van der Waals surface area contributed by atoms with Crippen LogP contribution in [0.3, 0.4) is 0 Å². The number of halogens is 4. The number of aliphatic imine (C=N–C) groups is 1. The highest BCUT2D eigenvalue weighted by atomic mass is 32.1. The van der Waals surface area contributed by atoms with E-state index in [0.717, 1.165) is 23.6 Å². The van der Waals surface area contributed by atoms with Gasteiger partial charge in [-0.2, -0.15) is 13.2 Å². The Labute approximate surface area is 242 Å². The quantitative estimate of drug-likeness (QED) is 0.184. The zero-order chi connectivity index (χ0) is 29.6. The van der Waals surface area contributed by atoms with E-state index in [1.807, 2.05) is 25.1 Å². The van der Waals surface area contributed by atoms with Crippen LogP contribution in [0.15, 0.2) is 95.8 Å². The third kappa shape index (κ3) is 6.94. The topological polar surface area (TPSA) is 76.2 Å². The van der Waals surface area contributed by atoms with Crippen molar-refractivity contribution < 1.29 is 17.6 Å². The molecule has 3 aromatic rings. The second-order valence-corrected chi connectivity index (χ2v) is 10.1. The first kappa shape index (κ1) is 30.2. The standard InChI is InChI=1S/C31H31F4N5S/c1-3-21-11-13-37-27(15-21)20(2)30(18-26-5-4-6-29(40-26)31(33,34)35)17-22(19-36)28(16-23(30)12-14-38-41)39-25-9-7-24(32)8-10-25/h4-11,13,15-16,19,38,41H,2-3,12,14,17-18,36H2,1H3. The predicted octanol–water partition coefficient (Wildman–Crippen LogP) is 7.21. The number of nitrogens with one attached hydrogen (secondary N) is 1. The molecular formula is C31H31F4N5S. The van der Waals surface area contributed by atoms with Crippen molar-refractivity contribution in [1.82, 2.24) is 14.7 Å². The Kier molecular flexibility index (Phi) is 9.45. The number of aryl methyl sites for hydroxylation is 1. The minimum atomic E-state index is -4.59. The number of aromatic nitrogens is 2. The minimum absolute atomic E-state index is 0.118. The van der Waals surface area contributed by atoms with Gasteiger partial charge in [0.05, 0.1) is 17.1 Å². The Morgan fingerprint density at radius 1 is 1.20 bits per heavy atom. The minimum Gasteiger partial charge on any atom is -0.404 e. The van der Waals surface area contributed by atoms with Gasteiger partial charge in [0, 0.05) is 30.3 Å². The van der Waals surface area contributed by atoms with E-state index in [2.05, 4.69) is 34.1 Å². The van der Waals surface area contributed by atoms with Crippen LogP contribution in [0, 0.1) is 11.2 Å². The number of nitrogens with two attached hydrogens (primary N) is 1. The molecule has 2 heterocycles. The molecule has 1 aliphatic carbocycles. The molecule has 0 saturated heterocycles. The zero-order valence-corrected chi connectivity index (χ0v) is 23.4. The van der Waals surface area contributed by atoms with Crippen LogP contribution in [0.25, 0.3) is 5.57 Å². The SMILES string of the molecule is C=C(c1cc(CC)ccn1)C1(Cc2cccc(C(F)(F)F)n2)CC(=CN)C(=Nc2ccc(F)cc2)C=C1CCNS. The Bertz CT molecular complexity index is 1490. The summed E-state index contributed by atoms with van der Waals surface area (Å²) < 4.78 is 57.2. The second-order valence-electron chi connectivity index (χ2n) is 9.82. The molecule has 214 valence electrons. The van der Waals surface area contributed by atoms with Crippen LogP contribution in [0.5, 0.6) is 0 Å². The lowest BCUT2D eigenvalue weighted by molar-refractivity contribution is -0.141. The van der Waals surface area contributed by atoms with Crippen LogP contribution in [0.2, 0.25) is 0 Å². The molecule has 4 rings (SSSR count). The van der Waals surface area contributed by atoms with Crippen molar-refractivity contribution in [2.24, 2.45) is 16.1 Å². The van der Waals surface area contributed by atoms with Gasteiger partial charge in [-0.15, -0.1) is 0 Å². The van der Waals surface area contributed by atoms with Gasteiger partial charge in [0.2, 0.25) is 0 Å². The van der Waals surface area contributed by atoms with Gasteiger partial charge >= 0.3 is 6.18 Å². The summed E-state index contributed by atoms with van der Waals surface area (Å²) in [7, 11) is 0. The van der Waals surface area contributed by atoms with Crippen molar-refractivity contribution >= 4 is 29.8 Å². The van der Waals surface area contributed by atoms with Gasteiger partial charge in [0.15, 0.2) is 0 Å². The Morgan fingerprint density at radius 3 is 2.61 bits per heavy atom. The Morgan fingerprint density at radius 2 is 1.95 bits per heavy atom. The third-order valence-corrected chi connectivity index (χ3v) is 7.45. The average molecular weight is 582 g/mol. The molecule has 0 spiro atoms. The molecule has 0 saturated carbocycles. The van der Waals surface area contributed by atoms with E-state index < -0.39 is 17.3 Å². The van der Waals surface area contributed by atoms with E-state index in [-0.39, 0.29) is 24.4 Å². The summed E-state index contributed by atoms with van der Waals surface area (Å²) in [5.41, 5.74) is 9.45. The van der Waals surface area contributed by atoms with E-state index in [0.29, 0.717) is 41.2 Å². The van der Waals surface area contributed by atoms with Crippen molar-refractivity contribution in [3.63, 3.8) is 0 Å². The summed E-state index contributed by atoms with van der Waals surface area (Å²) in [4.78, 5) is 13.3. The predicted molar refractivity (Wildman–Crippen MR) is 158 cm³/mol. The van der Waals surface area contributed by atoms with Gasteiger partial charge in [-0.1, -0.05) is 38.0 Å². The van der Waals surface area contributed by atoms with Gasteiger partial charge in [-0.25, -0.2) is 14.4 Å². The first-order valence-corrected chi connectivity index (χ1v) is 13.6. The maximum Gasteiger partial charge on any atom is 0.433 e. The largest absolute Gasteiger partial charge is 0.433 e. The number of rotatable bonds is 9. The molecule has 0 bridgehead atoms. The number of benzene rings is 1. The summed E-state index contributed by atoms with van der Waals surface area (Å²) in [6.45, 7) is 6.96. The van der Waals surface area contributed by atoms with E-state index in [1.54, 1.807) is 24.4 Å².